The molecule has 0 bridgehead atoms. The van der Waals surface area contributed by atoms with Gasteiger partial charge in [0.05, 0.1) is 5.56 Å². The van der Waals surface area contributed by atoms with Crippen molar-refractivity contribution in [3.8, 4) is 11.4 Å². The van der Waals surface area contributed by atoms with Gasteiger partial charge in [-0.1, -0.05) is 25.4 Å². The smallest absolute Gasteiger partial charge is 0.218 e. The number of nitrogens with one attached hydrogen (secondary N) is 2. The topological polar surface area (TPSA) is 118 Å². The third kappa shape index (κ3) is 4.56. The van der Waals surface area contributed by atoms with Gasteiger partial charge < -0.3 is 10.2 Å². The van der Waals surface area contributed by atoms with Crippen LogP contribution in [0.5, 0.6) is 0 Å². The molecule has 5 rings (SSSR count). The third-order valence-corrected chi connectivity index (χ3v) is 9.09. The molecule has 3 aromatic heterocycles. The Bertz CT molecular complexity index is 1640. The lowest BCUT2D eigenvalue weighted by Crippen LogP contribution is -2.63. The summed E-state index contributed by atoms with van der Waals surface area (Å²) in [7, 11) is -0.274. The fourth-order valence-corrected chi connectivity index (χ4v) is 6.46. The molecule has 0 unspecified atom stereocenters. The van der Waals surface area contributed by atoms with Crippen molar-refractivity contribution in [1.82, 2.24) is 29.5 Å². The van der Waals surface area contributed by atoms with Crippen molar-refractivity contribution < 1.29 is 12.8 Å². The first-order valence-electron chi connectivity index (χ1n) is 12.1. The molecule has 0 aliphatic carbocycles. The normalized spacial score (nSPS) is 17.7. The Hall–Kier alpha value is -3.35. The minimum Gasteiger partial charge on any atom is -0.365 e. The van der Waals surface area contributed by atoms with Crippen molar-refractivity contribution in [3.05, 3.63) is 53.3 Å². The van der Waals surface area contributed by atoms with E-state index in [0.717, 1.165) is 5.39 Å². The van der Waals surface area contributed by atoms with E-state index in [1.807, 2.05) is 25.7 Å². The van der Waals surface area contributed by atoms with Gasteiger partial charge in [-0.05, 0) is 49.0 Å². The Morgan fingerprint density at radius 1 is 1.18 bits per heavy atom. The molecule has 2 atom stereocenters. The molecule has 4 aromatic rings. The first-order chi connectivity index (χ1) is 18.0. The molecule has 0 amide bonds. The highest BCUT2D eigenvalue weighted by Gasteiger charge is 2.44. The third-order valence-electron chi connectivity index (χ3n) is 6.90. The standard InChI is InChI=1S/C25H28ClFN8O2S/c1-13(2)23-15-8-22(31-21-6-7-29-25(32-21)17-11-34(5)33-24(17)26)30-10-16(15)19(9-18(23)27)35-12-20(14(35)3)38(36,37)28-4/h6-11,13-14,20,28H,12H2,1-5H3,(H,29,30,31,32)/t14-,20+/m1/s1. The number of halogens is 2. The maximum Gasteiger partial charge on any atom is 0.218 e. The second-order valence-electron chi connectivity index (χ2n) is 9.64. The molecular formula is C25H28ClFN8O2S. The summed E-state index contributed by atoms with van der Waals surface area (Å²) in [6.07, 6.45) is 5.02. The zero-order valence-corrected chi connectivity index (χ0v) is 23.1. The van der Waals surface area contributed by atoms with Crippen LogP contribution in [0.1, 0.15) is 32.3 Å². The number of aromatic nitrogens is 5. The molecule has 10 nitrogen and oxygen atoms in total. The quantitative estimate of drug-likeness (QED) is 0.346. The molecule has 1 aliphatic heterocycles. The monoisotopic (exact) mass is 558 g/mol. The highest BCUT2D eigenvalue weighted by atomic mass is 35.5. The van der Waals surface area contributed by atoms with Crippen LogP contribution in [0.4, 0.5) is 21.7 Å². The van der Waals surface area contributed by atoms with E-state index in [0.29, 0.717) is 44.8 Å². The van der Waals surface area contributed by atoms with Crippen LogP contribution >= 0.6 is 11.6 Å². The highest BCUT2D eigenvalue weighted by Crippen LogP contribution is 2.40. The molecule has 13 heteroatoms. The summed E-state index contributed by atoms with van der Waals surface area (Å²) in [6, 6.07) is 4.66. The summed E-state index contributed by atoms with van der Waals surface area (Å²) in [5.74, 6) is 0.933. The van der Waals surface area contributed by atoms with Crippen LogP contribution in [0.25, 0.3) is 22.2 Å². The zero-order chi connectivity index (χ0) is 27.4. The summed E-state index contributed by atoms with van der Waals surface area (Å²) in [4.78, 5) is 15.3. The van der Waals surface area contributed by atoms with Gasteiger partial charge in [0.25, 0.3) is 0 Å². The Morgan fingerprint density at radius 3 is 2.58 bits per heavy atom. The number of benzene rings is 1. The number of hydrogen-bond acceptors (Lipinski definition) is 8. The van der Waals surface area contributed by atoms with E-state index < -0.39 is 15.3 Å². The van der Waals surface area contributed by atoms with Crippen molar-refractivity contribution >= 4 is 49.7 Å². The van der Waals surface area contributed by atoms with Gasteiger partial charge in [-0.2, -0.15) is 5.10 Å². The lowest BCUT2D eigenvalue weighted by Gasteiger charge is -2.47. The number of sulfonamides is 1. The number of aryl methyl sites for hydroxylation is 1. The van der Waals surface area contributed by atoms with Crippen LogP contribution in [0.2, 0.25) is 5.15 Å². The van der Waals surface area contributed by atoms with Crippen LogP contribution < -0.4 is 14.9 Å². The fourth-order valence-electron chi connectivity index (χ4n) is 4.88. The molecule has 200 valence electrons. The number of rotatable bonds is 7. The highest BCUT2D eigenvalue weighted by molar-refractivity contribution is 7.90. The summed E-state index contributed by atoms with van der Waals surface area (Å²) < 4.78 is 44.1. The van der Waals surface area contributed by atoms with Crippen LogP contribution in [0.15, 0.2) is 36.8 Å². The number of fused-ring (bicyclic) bond motifs is 1. The van der Waals surface area contributed by atoms with Gasteiger partial charge in [-0.25, -0.2) is 32.5 Å². The molecule has 2 N–H and O–H groups in total. The zero-order valence-electron chi connectivity index (χ0n) is 21.6. The number of anilines is 3. The Balaban J connectivity index is 1.53. The fraction of sp³-hybridized carbons (Fsp3) is 0.360. The number of pyridine rings is 1. The lowest BCUT2D eigenvalue weighted by atomic mass is 9.93. The Labute approximate surface area is 225 Å². The van der Waals surface area contributed by atoms with Crippen molar-refractivity contribution in [1.29, 1.82) is 0 Å². The van der Waals surface area contributed by atoms with Gasteiger partial charge in [0.2, 0.25) is 10.0 Å². The first-order valence-corrected chi connectivity index (χ1v) is 14.0. The van der Waals surface area contributed by atoms with E-state index in [1.165, 1.54) is 13.1 Å². The minimum absolute atomic E-state index is 0.0913. The van der Waals surface area contributed by atoms with Crippen LogP contribution in [0.3, 0.4) is 0 Å². The second kappa shape index (κ2) is 9.75. The molecule has 0 radical (unpaired) electrons. The van der Waals surface area contributed by atoms with Crippen molar-refractivity contribution in [2.75, 3.05) is 23.8 Å². The largest absolute Gasteiger partial charge is 0.365 e. The van der Waals surface area contributed by atoms with Crippen LogP contribution in [0, 0.1) is 5.82 Å². The summed E-state index contributed by atoms with van der Waals surface area (Å²) in [5.41, 5.74) is 1.78. The first kappa shape index (κ1) is 26.3. The predicted octanol–water partition coefficient (Wildman–Crippen LogP) is 4.21. The molecule has 1 saturated heterocycles. The van der Waals surface area contributed by atoms with Gasteiger partial charge in [0.1, 0.15) is 22.7 Å². The van der Waals surface area contributed by atoms with Crippen molar-refractivity contribution in [3.63, 3.8) is 0 Å². The van der Waals surface area contributed by atoms with E-state index >= 15 is 4.39 Å². The van der Waals surface area contributed by atoms with Gasteiger partial charge in [0.15, 0.2) is 11.0 Å². The molecule has 4 heterocycles. The van der Waals surface area contributed by atoms with Crippen molar-refractivity contribution in [2.45, 2.75) is 38.0 Å². The van der Waals surface area contributed by atoms with E-state index in [-0.39, 0.29) is 24.3 Å². The van der Waals surface area contributed by atoms with Crippen molar-refractivity contribution in [2.24, 2.45) is 7.05 Å². The van der Waals surface area contributed by atoms with Gasteiger partial charge in [0, 0.05) is 49.3 Å². The lowest BCUT2D eigenvalue weighted by molar-refractivity contribution is 0.458. The maximum absolute atomic E-state index is 15.5. The summed E-state index contributed by atoms with van der Waals surface area (Å²) in [6.45, 7) is 5.95. The van der Waals surface area contributed by atoms with E-state index in [4.69, 9.17) is 11.6 Å². The van der Waals surface area contributed by atoms with Crippen LogP contribution in [-0.2, 0) is 17.1 Å². The Morgan fingerprint density at radius 2 is 1.95 bits per heavy atom. The van der Waals surface area contributed by atoms with E-state index in [1.54, 1.807) is 42.5 Å². The average Bonchev–Trinajstić information content (AvgIpc) is 3.20. The van der Waals surface area contributed by atoms with Gasteiger partial charge >= 0.3 is 0 Å². The minimum atomic E-state index is -3.44. The Kier molecular flexibility index (Phi) is 6.74. The number of nitrogens with zero attached hydrogens (tertiary/aromatic N) is 6. The summed E-state index contributed by atoms with van der Waals surface area (Å²) in [5, 5.41) is 8.47. The van der Waals surface area contributed by atoms with E-state index in [2.05, 4.69) is 30.1 Å². The van der Waals surface area contributed by atoms with E-state index in [9.17, 15) is 8.42 Å². The molecule has 1 aliphatic rings. The predicted molar refractivity (Wildman–Crippen MR) is 147 cm³/mol. The second-order valence-corrected chi connectivity index (χ2v) is 12.1. The molecule has 1 aromatic carbocycles. The molecule has 0 spiro atoms. The summed E-state index contributed by atoms with van der Waals surface area (Å²) >= 11 is 6.21. The van der Waals surface area contributed by atoms with Gasteiger partial charge in [-0.15, -0.1) is 0 Å². The molecule has 0 saturated carbocycles. The SMILES string of the molecule is CNS(=O)(=O)[C@H]1CN(c2cc(F)c(C(C)C)c3cc(Nc4ccnc(-c5cn(C)nc5Cl)n4)ncc23)[C@@H]1C. The molecule has 1 fully saturated rings. The van der Waals surface area contributed by atoms with Crippen LogP contribution in [-0.4, -0.2) is 58.0 Å². The van der Waals surface area contributed by atoms with Gasteiger partial charge in [-0.3, -0.25) is 4.68 Å². The molecule has 38 heavy (non-hydrogen) atoms. The maximum atomic E-state index is 15.5. The number of hydrogen-bond donors (Lipinski definition) is 2. The molecular weight excluding hydrogens is 531 g/mol. The average molecular weight is 559 g/mol.